The number of hydrogen-bond donors (Lipinski definition) is 1. The lowest BCUT2D eigenvalue weighted by molar-refractivity contribution is -0.143. The van der Waals surface area contributed by atoms with E-state index in [1.165, 1.54) is 20.0 Å². The summed E-state index contributed by atoms with van der Waals surface area (Å²) in [5.74, 6) is -0.208. The molecule has 5 heteroatoms. The first kappa shape index (κ1) is 13.1. The molecule has 1 fully saturated rings. The van der Waals surface area contributed by atoms with Gasteiger partial charge in [-0.25, -0.2) is 4.79 Å². The highest BCUT2D eigenvalue weighted by Gasteiger charge is 2.28. The van der Waals surface area contributed by atoms with Gasteiger partial charge in [-0.15, -0.1) is 11.3 Å². The second kappa shape index (κ2) is 5.98. The molecule has 1 aromatic rings. The van der Waals surface area contributed by atoms with Gasteiger partial charge in [0.25, 0.3) is 0 Å². The van der Waals surface area contributed by atoms with Crippen molar-refractivity contribution in [2.24, 2.45) is 0 Å². The molecule has 1 aromatic heterocycles. The van der Waals surface area contributed by atoms with E-state index in [0.29, 0.717) is 6.04 Å². The van der Waals surface area contributed by atoms with Crippen LogP contribution in [0.4, 0.5) is 0 Å². The van der Waals surface area contributed by atoms with E-state index in [9.17, 15) is 4.79 Å². The standard InChI is InChI=1S/C12H16BrNO2S/c1-16-12(15)10(11-9(13)6-7-17-11)14-8-4-2-3-5-8/h6-8,10,14H,2-5H2,1H3. The molecule has 1 aliphatic rings. The molecule has 1 heterocycles. The normalized spacial score (nSPS) is 18.2. The van der Waals surface area contributed by atoms with E-state index in [1.807, 2.05) is 11.4 Å². The van der Waals surface area contributed by atoms with Gasteiger partial charge in [0.05, 0.1) is 7.11 Å². The van der Waals surface area contributed by atoms with Crippen LogP contribution in [-0.2, 0) is 9.53 Å². The van der Waals surface area contributed by atoms with E-state index in [-0.39, 0.29) is 12.0 Å². The Bertz CT molecular complexity index is 388. The fourth-order valence-corrected chi connectivity index (χ4v) is 3.86. The molecule has 2 rings (SSSR count). The van der Waals surface area contributed by atoms with Crippen LogP contribution in [0.1, 0.15) is 36.6 Å². The molecule has 1 atom stereocenters. The summed E-state index contributed by atoms with van der Waals surface area (Å²) in [6.07, 6.45) is 4.79. The van der Waals surface area contributed by atoms with Gasteiger partial charge in [-0.1, -0.05) is 12.8 Å². The molecule has 94 valence electrons. The number of methoxy groups -OCH3 is 1. The maximum absolute atomic E-state index is 11.9. The van der Waals surface area contributed by atoms with E-state index < -0.39 is 0 Å². The lowest BCUT2D eigenvalue weighted by Gasteiger charge is -2.20. The quantitative estimate of drug-likeness (QED) is 0.866. The van der Waals surface area contributed by atoms with Crippen molar-refractivity contribution in [3.05, 3.63) is 20.8 Å². The van der Waals surface area contributed by atoms with Crippen molar-refractivity contribution in [3.8, 4) is 0 Å². The molecule has 0 amide bonds. The van der Waals surface area contributed by atoms with Crippen molar-refractivity contribution >= 4 is 33.2 Å². The number of carbonyl (C=O) groups excluding carboxylic acids is 1. The number of halogens is 1. The number of nitrogens with one attached hydrogen (secondary N) is 1. The van der Waals surface area contributed by atoms with Crippen LogP contribution in [-0.4, -0.2) is 19.1 Å². The Balaban J connectivity index is 2.13. The molecule has 0 bridgehead atoms. The molecule has 1 aliphatic carbocycles. The lowest BCUT2D eigenvalue weighted by Crippen LogP contribution is -2.35. The first-order chi connectivity index (χ1) is 8.22. The molecule has 1 saturated carbocycles. The summed E-state index contributed by atoms with van der Waals surface area (Å²) >= 11 is 5.05. The van der Waals surface area contributed by atoms with Gasteiger partial charge in [-0.3, -0.25) is 5.32 Å². The summed E-state index contributed by atoms with van der Waals surface area (Å²) < 4.78 is 5.86. The highest BCUT2D eigenvalue weighted by atomic mass is 79.9. The number of ether oxygens (including phenoxy) is 1. The second-order valence-electron chi connectivity index (χ2n) is 4.24. The minimum atomic E-state index is -0.336. The van der Waals surface area contributed by atoms with Crippen LogP contribution in [0.2, 0.25) is 0 Å². The first-order valence-electron chi connectivity index (χ1n) is 5.79. The van der Waals surface area contributed by atoms with Gasteiger partial charge in [-0.05, 0) is 40.2 Å². The molecule has 3 nitrogen and oxygen atoms in total. The summed E-state index contributed by atoms with van der Waals surface area (Å²) in [7, 11) is 1.44. The van der Waals surface area contributed by atoms with Crippen molar-refractivity contribution in [3.63, 3.8) is 0 Å². The maximum atomic E-state index is 11.9. The number of thiophene rings is 1. The summed E-state index contributed by atoms with van der Waals surface area (Å²) in [5.41, 5.74) is 0. The zero-order valence-corrected chi connectivity index (χ0v) is 12.1. The Morgan fingerprint density at radius 3 is 2.82 bits per heavy atom. The molecule has 0 saturated heterocycles. The lowest BCUT2D eigenvalue weighted by atomic mass is 10.2. The van der Waals surface area contributed by atoms with Crippen LogP contribution in [0, 0.1) is 0 Å². The van der Waals surface area contributed by atoms with Crippen molar-refractivity contribution in [1.29, 1.82) is 0 Å². The zero-order valence-electron chi connectivity index (χ0n) is 9.74. The van der Waals surface area contributed by atoms with Gasteiger partial charge in [0, 0.05) is 15.4 Å². The number of hydrogen-bond acceptors (Lipinski definition) is 4. The van der Waals surface area contributed by atoms with E-state index in [0.717, 1.165) is 22.2 Å². The Hall–Kier alpha value is -0.390. The van der Waals surface area contributed by atoms with Crippen molar-refractivity contribution in [2.75, 3.05) is 7.11 Å². The van der Waals surface area contributed by atoms with Crippen LogP contribution in [0.3, 0.4) is 0 Å². The van der Waals surface area contributed by atoms with Gasteiger partial charge in [-0.2, -0.15) is 0 Å². The molecular formula is C12H16BrNO2S. The van der Waals surface area contributed by atoms with Crippen LogP contribution in [0.25, 0.3) is 0 Å². The molecule has 0 aliphatic heterocycles. The number of rotatable bonds is 4. The van der Waals surface area contributed by atoms with Gasteiger partial charge < -0.3 is 4.74 Å². The summed E-state index contributed by atoms with van der Waals surface area (Å²) in [6.45, 7) is 0. The van der Waals surface area contributed by atoms with Crippen LogP contribution in [0.15, 0.2) is 15.9 Å². The topological polar surface area (TPSA) is 38.3 Å². The third kappa shape index (κ3) is 3.09. The van der Waals surface area contributed by atoms with E-state index >= 15 is 0 Å². The van der Waals surface area contributed by atoms with Crippen molar-refractivity contribution < 1.29 is 9.53 Å². The molecule has 0 aromatic carbocycles. The number of esters is 1. The number of carbonyl (C=O) groups is 1. The summed E-state index contributed by atoms with van der Waals surface area (Å²) in [4.78, 5) is 12.9. The largest absolute Gasteiger partial charge is 0.468 e. The van der Waals surface area contributed by atoms with Crippen molar-refractivity contribution in [2.45, 2.75) is 37.8 Å². The Labute approximate surface area is 114 Å². The third-order valence-corrected chi connectivity index (χ3v) is 5.04. The fraction of sp³-hybridized carbons (Fsp3) is 0.583. The Morgan fingerprint density at radius 1 is 1.59 bits per heavy atom. The predicted molar refractivity (Wildman–Crippen MR) is 72.2 cm³/mol. The molecule has 1 unspecified atom stereocenters. The third-order valence-electron chi connectivity index (χ3n) is 3.10. The summed E-state index contributed by atoms with van der Waals surface area (Å²) in [5, 5.41) is 5.39. The average molecular weight is 318 g/mol. The fourth-order valence-electron chi connectivity index (χ4n) is 2.21. The SMILES string of the molecule is COC(=O)C(NC1CCCC1)c1sccc1Br. The highest BCUT2D eigenvalue weighted by molar-refractivity contribution is 9.10. The maximum Gasteiger partial charge on any atom is 0.328 e. The minimum Gasteiger partial charge on any atom is -0.468 e. The average Bonchev–Trinajstić information content (AvgIpc) is 2.96. The molecule has 1 N–H and O–H groups in total. The van der Waals surface area contributed by atoms with E-state index in [2.05, 4.69) is 21.2 Å². The smallest absolute Gasteiger partial charge is 0.328 e. The minimum absolute atomic E-state index is 0.208. The second-order valence-corrected chi connectivity index (χ2v) is 6.04. The van der Waals surface area contributed by atoms with E-state index in [1.54, 1.807) is 11.3 Å². The van der Waals surface area contributed by atoms with E-state index in [4.69, 9.17) is 4.74 Å². The van der Waals surface area contributed by atoms with Crippen LogP contribution < -0.4 is 5.32 Å². The first-order valence-corrected chi connectivity index (χ1v) is 7.46. The summed E-state index contributed by atoms with van der Waals surface area (Å²) in [6, 6.07) is 2.07. The monoisotopic (exact) mass is 317 g/mol. The van der Waals surface area contributed by atoms with Crippen molar-refractivity contribution in [1.82, 2.24) is 5.32 Å². The molecule has 0 spiro atoms. The van der Waals surface area contributed by atoms with Crippen LogP contribution >= 0.6 is 27.3 Å². The van der Waals surface area contributed by atoms with Gasteiger partial charge >= 0.3 is 5.97 Å². The van der Waals surface area contributed by atoms with Gasteiger partial charge in [0.15, 0.2) is 0 Å². The predicted octanol–water partition coefficient (Wildman–Crippen LogP) is 3.26. The Kier molecular flexibility index (Phi) is 4.59. The van der Waals surface area contributed by atoms with Gasteiger partial charge in [0.1, 0.15) is 6.04 Å². The Morgan fingerprint density at radius 2 is 2.29 bits per heavy atom. The molecule has 0 radical (unpaired) electrons. The van der Waals surface area contributed by atoms with Crippen LogP contribution in [0.5, 0.6) is 0 Å². The zero-order chi connectivity index (χ0) is 12.3. The molecule has 17 heavy (non-hydrogen) atoms. The molecular weight excluding hydrogens is 302 g/mol. The highest BCUT2D eigenvalue weighted by Crippen LogP contribution is 2.31. The van der Waals surface area contributed by atoms with Gasteiger partial charge in [0.2, 0.25) is 0 Å².